The summed E-state index contributed by atoms with van der Waals surface area (Å²) in [5.74, 6) is 5.20. The average molecular weight is 379 g/mol. The van der Waals surface area contributed by atoms with Crippen LogP contribution in [-0.2, 0) is 7.05 Å². The number of hydrazine groups is 1. The van der Waals surface area contributed by atoms with Gasteiger partial charge in [-0.1, -0.05) is 11.3 Å². The zero-order chi connectivity index (χ0) is 13.3. The second kappa shape index (κ2) is 5.43. The van der Waals surface area contributed by atoms with E-state index in [1.54, 1.807) is 23.9 Å². The Bertz CT molecular complexity index is 552. The zero-order valence-electron chi connectivity index (χ0n) is 9.36. The number of benzene rings is 1. The van der Waals surface area contributed by atoms with Gasteiger partial charge in [0.2, 0.25) is 0 Å². The van der Waals surface area contributed by atoms with E-state index in [2.05, 4.69) is 47.6 Å². The lowest BCUT2D eigenvalue weighted by molar-refractivity contribution is 0.561. The van der Waals surface area contributed by atoms with E-state index in [0.29, 0.717) is 14.6 Å². The molecular weight excluding hydrogens is 369 g/mol. The van der Waals surface area contributed by atoms with Gasteiger partial charge in [0.1, 0.15) is 5.82 Å². The zero-order valence-corrected chi connectivity index (χ0v) is 12.5. The third-order valence-corrected chi connectivity index (χ3v) is 3.75. The lowest BCUT2D eigenvalue weighted by Gasteiger charge is -2.17. The van der Waals surface area contributed by atoms with E-state index in [1.165, 1.54) is 6.07 Å². The Labute approximate surface area is 120 Å². The largest absolute Gasteiger partial charge is 0.271 e. The Hall–Kier alpha value is -0.830. The molecule has 8 heteroatoms. The van der Waals surface area contributed by atoms with Gasteiger partial charge in [0.15, 0.2) is 4.60 Å². The molecule has 96 valence electrons. The number of hydrogen-bond donors (Lipinski definition) is 2. The van der Waals surface area contributed by atoms with E-state index in [9.17, 15) is 4.39 Å². The number of nitrogens with zero attached hydrogens (tertiary/aromatic N) is 3. The minimum absolute atomic E-state index is 0.348. The molecule has 0 spiro atoms. The SMILES string of the molecule is Cn1nnc(Br)c1C(NN)c1ccc(Br)c(F)c1. The van der Waals surface area contributed by atoms with E-state index in [4.69, 9.17) is 5.84 Å². The van der Waals surface area contributed by atoms with Crippen molar-refractivity contribution < 1.29 is 4.39 Å². The second-order valence-corrected chi connectivity index (χ2v) is 5.27. The van der Waals surface area contributed by atoms with Crippen LogP contribution in [-0.4, -0.2) is 15.0 Å². The van der Waals surface area contributed by atoms with Crippen molar-refractivity contribution >= 4 is 31.9 Å². The number of rotatable bonds is 3. The number of aryl methyl sites for hydroxylation is 1. The predicted molar refractivity (Wildman–Crippen MR) is 72.0 cm³/mol. The van der Waals surface area contributed by atoms with Crippen molar-refractivity contribution in [2.45, 2.75) is 6.04 Å². The highest BCUT2D eigenvalue weighted by molar-refractivity contribution is 9.10. The molecule has 18 heavy (non-hydrogen) atoms. The van der Waals surface area contributed by atoms with Crippen molar-refractivity contribution in [2.75, 3.05) is 0 Å². The minimum Gasteiger partial charge on any atom is -0.271 e. The van der Waals surface area contributed by atoms with Crippen LogP contribution in [0.15, 0.2) is 27.3 Å². The van der Waals surface area contributed by atoms with Gasteiger partial charge < -0.3 is 0 Å². The van der Waals surface area contributed by atoms with Gasteiger partial charge in [0.25, 0.3) is 0 Å². The molecule has 0 radical (unpaired) electrons. The van der Waals surface area contributed by atoms with Crippen LogP contribution in [0.25, 0.3) is 0 Å². The molecule has 0 saturated carbocycles. The predicted octanol–water partition coefficient (Wildman–Crippen LogP) is 2.03. The van der Waals surface area contributed by atoms with Crippen molar-refractivity contribution in [3.63, 3.8) is 0 Å². The number of nitrogens with two attached hydrogens (primary N) is 1. The fourth-order valence-electron chi connectivity index (χ4n) is 1.67. The highest BCUT2D eigenvalue weighted by Crippen LogP contribution is 2.28. The topological polar surface area (TPSA) is 68.8 Å². The van der Waals surface area contributed by atoms with E-state index in [1.807, 2.05) is 0 Å². The highest BCUT2D eigenvalue weighted by atomic mass is 79.9. The minimum atomic E-state index is -0.401. The third-order valence-electron chi connectivity index (χ3n) is 2.54. The van der Waals surface area contributed by atoms with Crippen molar-refractivity contribution in [2.24, 2.45) is 12.9 Å². The Kier molecular flexibility index (Phi) is 4.10. The summed E-state index contributed by atoms with van der Waals surface area (Å²) in [6.45, 7) is 0. The van der Waals surface area contributed by atoms with Crippen molar-refractivity contribution in [3.05, 3.63) is 44.3 Å². The molecule has 0 aliphatic heterocycles. The smallest absolute Gasteiger partial charge is 0.153 e. The van der Waals surface area contributed by atoms with Gasteiger partial charge in [0, 0.05) is 7.05 Å². The summed E-state index contributed by atoms with van der Waals surface area (Å²) in [5, 5.41) is 7.75. The molecule has 0 bridgehead atoms. The normalized spacial score (nSPS) is 12.7. The summed E-state index contributed by atoms with van der Waals surface area (Å²) < 4.78 is 16.1. The molecule has 1 aromatic carbocycles. The molecule has 0 amide bonds. The molecule has 2 aromatic rings. The first-order chi connectivity index (χ1) is 8.54. The van der Waals surface area contributed by atoms with Crippen LogP contribution in [0.5, 0.6) is 0 Å². The van der Waals surface area contributed by atoms with Gasteiger partial charge in [-0.2, -0.15) is 0 Å². The van der Waals surface area contributed by atoms with E-state index < -0.39 is 6.04 Å². The van der Waals surface area contributed by atoms with Gasteiger partial charge in [0.05, 0.1) is 16.2 Å². The molecule has 5 nitrogen and oxygen atoms in total. The average Bonchev–Trinajstić information content (AvgIpc) is 2.66. The van der Waals surface area contributed by atoms with E-state index >= 15 is 0 Å². The number of hydrogen-bond acceptors (Lipinski definition) is 4. The fraction of sp³-hybridized carbons (Fsp3) is 0.200. The van der Waals surface area contributed by atoms with Crippen LogP contribution >= 0.6 is 31.9 Å². The molecule has 1 aromatic heterocycles. The van der Waals surface area contributed by atoms with E-state index in [-0.39, 0.29) is 5.82 Å². The Morgan fingerprint density at radius 3 is 2.67 bits per heavy atom. The summed E-state index contributed by atoms with van der Waals surface area (Å²) in [4.78, 5) is 0. The first-order valence-corrected chi connectivity index (χ1v) is 6.59. The maximum absolute atomic E-state index is 13.6. The maximum Gasteiger partial charge on any atom is 0.153 e. The molecule has 0 saturated heterocycles. The van der Waals surface area contributed by atoms with Gasteiger partial charge in [-0.25, -0.2) is 14.5 Å². The molecule has 0 fully saturated rings. The Balaban J connectivity index is 2.48. The standard InChI is InChI=1S/C10H10Br2FN5/c1-18-9(10(12)16-17-18)8(15-14)5-2-3-6(11)7(13)4-5/h2-4,8,15H,14H2,1H3. The van der Waals surface area contributed by atoms with Crippen LogP contribution in [0.4, 0.5) is 4.39 Å². The second-order valence-electron chi connectivity index (χ2n) is 3.66. The molecule has 1 heterocycles. The number of halogens is 3. The van der Waals surface area contributed by atoms with Crippen molar-refractivity contribution in [1.82, 2.24) is 20.4 Å². The summed E-state index contributed by atoms with van der Waals surface area (Å²) in [5.41, 5.74) is 4.04. The highest BCUT2D eigenvalue weighted by Gasteiger charge is 2.21. The van der Waals surface area contributed by atoms with Crippen LogP contribution in [0.1, 0.15) is 17.3 Å². The quantitative estimate of drug-likeness (QED) is 0.633. The molecule has 1 atom stereocenters. The van der Waals surface area contributed by atoms with Crippen LogP contribution < -0.4 is 11.3 Å². The molecule has 1 unspecified atom stereocenters. The lowest BCUT2D eigenvalue weighted by atomic mass is 10.0. The molecular formula is C10H10Br2FN5. The van der Waals surface area contributed by atoms with Crippen molar-refractivity contribution in [3.8, 4) is 0 Å². The molecule has 2 rings (SSSR count). The first-order valence-electron chi connectivity index (χ1n) is 5.00. The monoisotopic (exact) mass is 377 g/mol. The van der Waals surface area contributed by atoms with Crippen LogP contribution in [0, 0.1) is 5.82 Å². The van der Waals surface area contributed by atoms with Gasteiger partial charge >= 0.3 is 0 Å². The van der Waals surface area contributed by atoms with Gasteiger partial charge in [-0.3, -0.25) is 5.84 Å². The number of nitrogens with one attached hydrogen (secondary N) is 1. The summed E-state index contributed by atoms with van der Waals surface area (Å²) in [7, 11) is 1.74. The summed E-state index contributed by atoms with van der Waals surface area (Å²) in [6, 6.07) is 4.42. The summed E-state index contributed by atoms with van der Waals surface area (Å²) in [6.07, 6.45) is 0. The van der Waals surface area contributed by atoms with Crippen LogP contribution in [0.3, 0.4) is 0 Å². The third kappa shape index (κ3) is 2.46. The van der Waals surface area contributed by atoms with Gasteiger partial charge in [-0.05, 0) is 49.6 Å². The summed E-state index contributed by atoms with van der Waals surface area (Å²) >= 11 is 6.41. The fourth-order valence-corrected chi connectivity index (χ4v) is 2.47. The van der Waals surface area contributed by atoms with Crippen molar-refractivity contribution in [1.29, 1.82) is 0 Å². The Morgan fingerprint density at radius 1 is 1.44 bits per heavy atom. The molecule has 0 aliphatic rings. The molecule has 3 N–H and O–H groups in total. The van der Waals surface area contributed by atoms with Crippen LogP contribution in [0.2, 0.25) is 0 Å². The number of aromatic nitrogens is 3. The first kappa shape index (κ1) is 13.6. The van der Waals surface area contributed by atoms with E-state index in [0.717, 1.165) is 5.69 Å². The molecule has 0 aliphatic carbocycles. The Morgan fingerprint density at radius 2 is 2.17 bits per heavy atom. The lowest BCUT2D eigenvalue weighted by Crippen LogP contribution is -2.30. The van der Waals surface area contributed by atoms with Gasteiger partial charge in [-0.15, -0.1) is 5.10 Å². The maximum atomic E-state index is 13.6.